The smallest absolute Gasteiger partial charge is 0.0820 e. The van der Waals surface area contributed by atoms with Crippen LogP contribution < -0.4 is 0 Å². The maximum absolute atomic E-state index is 10.3. The average Bonchev–Trinajstić information content (AvgIpc) is 2.19. The molecule has 1 nitrogen and oxygen atoms in total. The molecule has 1 unspecified atom stereocenters. The first kappa shape index (κ1) is 12.3. The highest BCUT2D eigenvalue weighted by atomic mass is 16.3. The van der Waals surface area contributed by atoms with Gasteiger partial charge in [0.15, 0.2) is 0 Å². The van der Waals surface area contributed by atoms with Gasteiger partial charge in [0.05, 0.1) is 6.10 Å². The quantitative estimate of drug-likeness (QED) is 0.795. The maximum Gasteiger partial charge on any atom is 0.0820 e. The van der Waals surface area contributed by atoms with Gasteiger partial charge in [0.25, 0.3) is 0 Å². The van der Waals surface area contributed by atoms with Crippen LogP contribution in [0.1, 0.15) is 49.5 Å². The molecule has 1 N–H and O–H groups in total. The topological polar surface area (TPSA) is 20.2 Å². The van der Waals surface area contributed by atoms with Crippen LogP contribution in [-0.4, -0.2) is 5.11 Å². The van der Waals surface area contributed by atoms with E-state index in [9.17, 15) is 5.11 Å². The number of hydrogen-bond acceptors (Lipinski definition) is 1. The van der Waals surface area contributed by atoms with Crippen molar-refractivity contribution < 1.29 is 5.11 Å². The number of hydrogen-bond donors (Lipinski definition) is 1. The SMILES string of the molecule is CCC(CC)C(O)c1ccc(C)cc1C. The summed E-state index contributed by atoms with van der Waals surface area (Å²) in [5, 5.41) is 10.3. The normalized spacial score (nSPS) is 13.2. The van der Waals surface area contributed by atoms with Gasteiger partial charge in [-0.05, 0) is 30.9 Å². The summed E-state index contributed by atoms with van der Waals surface area (Å²) in [5.41, 5.74) is 3.55. The molecule has 0 fully saturated rings. The van der Waals surface area contributed by atoms with E-state index in [-0.39, 0.29) is 6.10 Å². The van der Waals surface area contributed by atoms with Crippen LogP contribution in [0.25, 0.3) is 0 Å². The van der Waals surface area contributed by atoms with Crippen LogP contribution in [0.15, 0.2) is 18.2 Å². The van der Waals surface area contributed by atoms with E-state index in [1.807, 2.05) is 0 Å². The van der Waals surface area contributed by atoms with Gasteiger partial charge in [-0.3, -0.25) is 0 Å². The van der Waals surface area contributed by atoms with Gasteiger partial charge in [0.2, 0.25) is 0 Å². The molecule has 1 aromatic carbocycles. The van der Waals surface area contributed by atoms with E-state index in [4.69, 9.17) is 0 Å². The Kier molecular flexibility index (Phi) is 4.34. The van der Waals surface area contributed by atoms with Crippen LogP contribution in [0.3, 0.4) is 0 Å². The first-order valence-corrected chi connectivity index (χ1v) is 5.85. The Hall–Kier alpha value is -0.820. The molecule has 15 heavy (non-hydrogen) atoms. The van der Waals surface area contributed by atoms with E-state index in [0.29, 0.717) is 5.92 Å². The van der Waals surface area contributed by atoms with Crippen molar-refractivity contribution in [3.8, 4) is 0 Å². The van der Waals surface area contributed by atoms with E-state index in [1.54, 1.807) is 0 Å². The molecule has 0 saturated carbocycles. The van der Waals surface area contributed by atoms with Gasteiger partial charge in [-0.25, -0.2) is 0 Å². The number of aliphatic hydroxyl groups is 1. The van der Waals surface area contributed by atoms with Crippen LogP contribution in [0, 0.1) is 19.8 Å². The van der Waals surface area contributed by atoms with Gasteiger partial charge in [-0.1, -0.05) is 50.5 Å². The first-order valence-electron chi connectivity index (χ1n) is 5.85. The van der Waals surface area contributed by atoms with E-state index < -0.39 is 0 Å². The highest BCUT2D eigenvalue weighted by Gasteiger charge is 2.18. The molecule has 1 atom stereocenters. The summed E-state index contributed by atoms with van der Waals surface area (Å²) in [6.07, 6.45) is 1.76. The van der Waals surface area contributed by atoms with Gasteiger partial charge < -0.3 is 5.11 Å². The number of aryl methyl sites for hydroxylation is 2. The number of rotatable bonds is 4. The van der Waals surface area contributed by atoms with Gasteiger partial charge in [0, 0.05) is 0 Å². The fraction of sp³-hybridized carbons (Fsp3) is 0.571. The zero-order valence-corrected chi connectivity index (χ0v) is 10.2. The van der Waals surface area contributed by atoms with Crippen LogP contribution in [0.4, 0.5) is 0 Å². The predicted molar refractivity (Wildman–Crippen MR) is 64.9 cm³/mol. The molecule has 0 aliphatic rings. The van der Waals surface area contributed by atoms with Crippen molar-refractivity contribution in [1.29, 1.82) is 0 Å². The molecule has 0 amide bonds. The third kappa shape index (κ3) is 2.82. The van der Waals surface area contributed by atoms with Crippen LogP contribution >= 0.6 is 0 Å². The molecule has 0 aliphatic heterocycles. The standard InChI is InChI=1S/C14H22O/c1-5-12(6-2)14(15)13-8-7-10(3)9-11(13)4/h7-9,12,14-15H,5-6H2,1-4H3. The average molecular weight is 206 g/mol. The molecule has 0 aromatic heterocycles. The number of aliphatic hydroxyl groups excluding tert-OH is 1. The molecule has 1 aromatic rings. The summed E-state index contributed by atoms with van der Waals surface area (Å²) in [6, 6.07) is 6.28. The van der Waals surface area contributed by atoms with Crippen molar-refractivity contribution in [2.75, 3.05) is 0 Å². The molecule has 1 heteroatoms. The summed E-state index contributed by atoms with van der Waals surface area (Å²) in [6.45, 7) is 8.44. The fourth-order valence-electron chi connectivity index (χ4n) is 2.15. The van der Waals surface area contributed by atoms with E-state index in [1.165, 1.54) is 11.1 Å². The molecule has 0 heterocycles. The lowest BCUT2D eigenvalue weighted by atomic mass is 9.89. The first-order chi connectivity index (χ1) is 7.10. The molecule has 0 bridgehead atoms. The Morgan fingerprint density at radius 3 is 2.20 bits per heavy atom. The molecule has 0 aliphatic carbocycles. The van der Waals surface area contributed by atoms with Crippen LogP contribution in [-0.2, 0) is 0 Å². The lowest BCUT2D eigenvalue weighted by Crippen LogP contribution is -2.12. The lowest BCUT2D eigenvalue weighted by molar-refractivity contribution is 0.103. The van der Waals surface area contributed by atoms with E-state index >= 15 is 0 Å². The van der Waals surface area contributed by atoms with Gasteiger partial charge in [-0.15, -0.1) is 0 Å². The Balaban J connectivity index is 2.94. The minimum Gasteiger partial charge on any atom is -0.388 e. The van der Waals surface area contributed by atoms with E-state index in [0.717, 1.165) is 18.4 Å². The summed E-state index contributed by atoms with van der Waals surface area (Å²) >= 11 is 0. The van der Waals surface area contributed by atoms with Crippen molar-refractivity contribution in [2.24, 2.45) is 5.92 Å². The highest BCUT2D eigenvalue weighted by molar-refractivity contribution is 5.32. The second kappa shape index (κ2) is 5.32. The zero-order valence-electron chi connectivity index (χ0n) is 10.2. The monoisotopic (exact) mass is 206 g/mol. The Morgan fingerprint density at radius 2 is 1.73 bits per heavy atom. The third-order valence-corrected chi connectivity index (χ3v) is 3.24. The molecule has 0 radical (unpaired) electrons. The Morgan fingerprint density at radius 1 is 1.13 bits per heavy atom. The van der Waals surface area contributed by atoms with E-state index in [2.05, 4.69) is 45.9 Å². The van der Waals surface area contributed by atoms with Crippen molar-refractivity contribution in [3.63, 3.8) is 0 Å². The zero-order chi connectivity index (χ0) is 11.4. The summed E-state index contributed by atoms with van der Waals surface area (Å²) in [7, 11) is 0. The van der Waals surface area contributed by atoms with Crippen molar-refractivity contribution >= 4 is 0 Å². The number of benzene rings is 1. The molecule has 84 valence electrons. The highest BCUT2D eigenvalue weighted by Crippen LogP contribution is 2.29. The predicted octanol–water partition coefficient (Wildman–Crippen LogP) is 3.77. The second-order valence-electron chi connectivity index (χ2n) is 4.38. The van der Waals surface area contributed by atoms with Crippen molar-refractivity contribution in [3.05, 3.63) is 34.9 Å². The molecular formula is C14H22O. The Bertz CT molecular complexity index is 313. The minimum atomic E-state index is -0.305. The third-order valence-electron chi connectivity index (χ3n) is 3.24. The lowest BCUT2D eigenvalue weighted by Gasteiger charge is -2.22. The molecular weight excluding hydrogens is 184 g/mol. The summed E-state index contributed by atoms with van der Waals surface area (Å²) in [5.74, 6) is 0.381. The van der Waals surface area contributed by atoms with Gasteiger partial charge in [-0.2, -0.15) is 0 Å². The van der Waals surface area contributed by atoms with Gasteiger partial charge >= 0.3 is 0 Å². The minimum absolute atomic E-state index is 0.305. The summed E-state index contributed by atoms with van der Waals surface area (Å²) in [4.78, 5) is 0. The molecule has 1 rings (SSSR count). The van der Waals surface area contributed by atoms with Gasteiger partial charge in [0.1, 0.15) is 0 Å². The Labute approximate surface area is 93.1 Å². The van der Waals surface area contributed by atoms with Crippen LogP contribution in [0.2, 0.25) is 0 Å². The second-order valence-corrected chi connectivity index (χ2v) is 4.38. The van der Waals surface area contributed by atoms with Crippen LogP contribution in [0.5, 0.6) is 0 Å². The maximum atomic E-state index is 10.3. The molecule has 0 saturated heterocycles. The fourth-order valence-corrected chi connectivity index (χ4v) is 2.15. The van der Waals surface area contributed by atoms with Crippen molar-refractivity contribution in [1.82, 2.24) is 0 Å². The molecule has 0 spiro atoms. The largest absolute Gasteiger partial charge is 0.388 e. The van der Waals surface area contributed by atoms with Crippen molar-refractivity contribution in [2.45, 2.75) is 46.6 Å². The summed E-state index contributed by atoms with van der Waals surface area (Å²) < 4.78 is 0.